The van der Waals surface area contributed by atoms with Gasteiger partial charge in [-0.25, -0.2) is 0 Å². The molecule has 1 aliphatic rings. The summed E-state index contributed by atoms with van der Waals surface area (Å²) in [6.07, 6.45) is 1.04. The Bertz CT molecular complexity index is 475. The lowest BCUT2D eigenvalue weighted by Gasteiger charge is -2.22. The van der Waals surface area contributed by atoms with Crippen LogP contribution in [0.2, 0.25) is 0 Å². The molecule has 108 valence electrons. The molecule has 0 aromatic heterocycles. The minimum Gasteiger partial charge on any atom is -0.481 e. The van der Waals surface area contributed by atoms with Crippen molar-refractivity contribution in [1.82, 2.24) is 4.90 Å². The molecule has 1 heterocycles. The number of nitrogens with one attached hydrogen (secondary N) is 1. The number of likely N-dealkylation sites (tertiary alicyclic amines) is 1. The van der Waals surface area contributed by atoms with Crippen LogP contribution in [0.15, 0.2) is 30.3 Å². The lowest BCUT2D eigenvalue weighted by molar-refractivity contribution is -0.142. The van der Waals surface area contributed by atoms with E-state index in [0.29, 0.717) is 19.4 Å². The molecule has 1 aliphatic heterocycles. The second-order valence-electron chi connectivity index (χ2n) is 5.17. The molecule has 2 rings (SSSR count). The molecule has 20 heavy (non-hydrogen) atoms. The number of carboxylic acids is 1. The number of benzene rings is 1. The highest BCUT2D eigenvalue weighted by molar-refractivity contribution is 5.90. The molecular weight excluding hydrogens is 256 g/mol. The summed E-state index contributed by atoms with van der Waals surface area (Å²) in [5, 5.41) is 11.9. The molecule has 0 spiro atoms. The van der Waals surface area contributed by atoms with Crippen LogP contribution in [0.3, 0.4) is 0 Å². The molecule has 1 aromatic rings. The van der Waals surface area contributed by atoms with E-state index in [-0.39, 0.29) is 17.9 Å². The molecule has 1 fully saturated rings. The Labute approximate surface area is 118 Å². The number of aliphatic carboxylic acids is 1. The van der Waals surface area contributed by atoms with Crippen molar-refractivity contribution in [2.24, 2.45) is 5.92 Å². The third kappa shape index (κ3) is 3.57. The topological polar surface area (TPSA) is 69.6 Å². The molecule has 1 aromatic carbocycles. The zero-order chi connectivity index (χ0) is 14.5. The van der Waals surface area contributed by atoms with Gasteiger partial charge in [-0.15, -0.1) is 0 Å². The highest BCUT2D eigenvalue weighted by Gasteiger charge is 2.35. The maximum Gasteiger partial charge on any atom is 0.308 e. The fraction of sp³-hybridized carbons (Fsp3) is 0.467. The molecule has 0 radical (unpaired) electrons. The van der Waals surface area contributed by atoms with Crippen molar-refractivity contribution in [3.05, 3.63) is 30.3 Å². The summed E-state index contributed by atoms with van der Waals surface area (Å²) in [5.41, 5.74) is 0.787. The van der Waals surface area contributed by atoms with Gasteiger partial charge in [-0.2, -0.15) is 0 Å². The smallest absolute Gasteiger partial charge is 0.308 e. The maximum atomic E-state index is 11.8. The normalized spacial score (nSPS) is 22.6. The largest absolute Gasteiger partial charge is 0.481 e. The first-order valence-electron chi connectivity index (χ1n) is 6.89. The summed E-state index contributed by atoms with van der Waals surface area (Å²) >= 11 is 0. The van der Waals surface area contributed by atoms with Crippen LogP contribution >= 0.6 is 0 Å². The van der Waals surface area contributed by atoms with Gasteiger partial charge in [-0.3, -0.25) is 14.5 Å². The average molecular weight is 276 g/mol. The molecule has 0 bridgehead atoms. The van der Waals surface area contributed by atoms with Gasteiger partial charge in [0.25, 0.3) is 0 Å². The zero-order valence-electron chi connectivity index (χ0n) is 11.6. The molecule has 1 amide bonds. The van der Waals surface area contributed by atoms with Gasteiger partial charge in [0.15, 0.2) is 0 Å². The van der Waals surface area contributed by atoms with Crippen molar-refractivity contribution in [1.29, 1.82) is 0 Å². The summed E-state index contributed by atoms with van der Waals surface area (Å²) < 4.78 is 0. The SMILES string of the molecule is CC1C(C(=O)O)CCN1CCC(=O)Nc1ccccc1. The number of hydrogen-bond donors (Lipinski definition) is 2. The first-order valence-corrected chi connectivity index (χ1v) is 6.89. The Morgan fingerprint density at radius 2 is 2.05 bits per heavy atom. The molecule has 0 saturated carbocycles. The van der Waals surface area contributed by atoms with Gasteiger partial charge in [-0.05, 0) is 32.0 Å². The van der Waals surface area contributed by atoms with Crippen LogP contribution in [-0.2, 0) is 9.59 Å². The predicted molar refractivity (Wildman–Crippen MR) is 76.5 cm³/mol. The van der Waals surface area contributed by atoms with Crippen LogP contribution < -0.4 is 5.32 Å². The van der Waals surface area contributed by atoms with Crippen LogP contribution in [0, 0.1) is 5.92 Å². The second kappa shape index (κ2) is 6.52. The number of amides is 1. The highest BCUT2D eigenvalue weighted by atomic mass is 16.4. The van der Waals surface area contributed by atoms with E-state index in [1.165, 1.54) is 0 Å². The van der Waals surface area contributed by atoms with Gasteiger partial charge in [0.05, 0.1) is 5.92 Å². The number of rotatable bonds is 5. The Morgan fingerprint density at radius 3 is 2.65 bits per heavy atom. The fourth-order valence-corrected chi connectivity index (χ4v) is 2.64. The molecule has 1 saturated heterocycles. The van der Waals surface area contributed by atoms with Crippen LogP contribution in [0.25, 0.3) is 0 Å². The Morgan fingerprint density at radius 1 is 1.35 bits per heavy atom. The summed E-state index contributed by atoms with van der Waals surface area (Å²) in [5.74, 6) is -1.09. The van der Waals surface area contributed by atoms with Crippen molar-refractivity contribution in [3.8, 4) is 0 Å². The molecule has 2 unspecified atom stereocenters. The van der Waals surface area contributed by atoms with E-state index in [1.54, 1.807) is 0 Å². The highest BCUT2D eigenvalue weighted by Crippen LogP contribution is 2.24. The van der Waals surface area contributed by atoms with Crippen molar-refractivity contribution in [2.45, 2.75) is 25.8 Å². The zero-order valence-corrected chi connectivity index (χ0v) is 11.6. The van der Waals surface area contributed by atoms with Crippen LogP contribution in [0.5, 0.6) is 0 Å². The third-order valence-electron chi connectivity index (χ3n) is 3.89. The summed E-state index contributed by atoms with van der Waals surface area (Å²) in [6, 6.07) is 9.32. The average Bonchev–Trinajstić information content (AvgIpc) is 2.79. The van der Waals surface area contributed by atoms with Crippen LogP contribution in [-0.4, -0.2) is 41.0 Å². The number of carbonyl (C=O) groups is 2. The number of nitrogens with zero attached hydrogens (tertiary/aromatic N) is 1. The molecule has 0 aliphatic carbocycles. The minimum absolute atomic E-state index is 0.00275. The third-order valence-corrected chi connectivity index (χ3v) is 3.89. The van der Waals surface area contributed by atoms with E-state index in [1.807, 2.05) is 37.3 Å². The minimum atomic E-state index is -0.742. The van der Waals surface area contributed by atoms with Gasteiger partial charge in [0.2, 0.25) is 5.91 Å². The van der Waals surface area contributed by atoms with Gasteiger partial charge < -0.3 is 10.4 Å². The van der Waals surface area contributed by atoms with Crippen molar-refractivity contribution >= 4 is 17.6 Å². The Kier molecular flexibility index (Phi) is 4.74. The quantitative estimate of drug-likeness (QED) is 0.860. The molecule has 2 atom stereocenters. The van der Waals surface area contributed by atoms with Gasteiger partial charge in [-0.1, -0.05) is 18.2 Å². The lowest BCUT2D eigenvalue weighted by atomic mass is 10.0. The van der Waals surface area contributed by atoms with E-state index >= 15 is 0 Å². The van der Waals surface area contributed by atoms with E-state index < -0.39 is 5.97 Å². The van der Waals surface area contributed by atoms with Gasteiger partial charge in [0, 0.05) is 24.7 Å². The van der Waals surface area contributed by atoms with E-state index in [2.05, 4.69) is 10.2 Å². The van der Waals surface area contributed by atoms with Crippen molar-refractivity contribution in [2.75, 3.05) is 18.4 Å². The second-order valence-corrected chi connectivity index (χ2v) is 5.17. The lowest BCUT2D eigenvalue weighted by Crippen LogP contribution is -2.35. The molecule has 2 N–H and O–H groups in total. The Hall–Kier alpha value is -1.88. The van der Waals surface area contributed by atoms with Crippen molar-refractivity contribution < 1.29 is 14.7 Å². The maximum absolute atomic E-state index is 11.8. The number of hydrogen-bond acceptors (Lipinski definition) is 3. The van der Waals surface area contributed by atoms with Crippen LogP contribution in [0.4, 0.5) is 5.69 Å². The van der Waals surface area contributed by atoms with Gasteiger partial charge in [0.1, 0.15) is 0 Å². The van der Waals surface area contributed by atoms with E-state index in [4.69, 9.17) is 5.11 Å². The van der Waals surface area contributed by atoms with Gasteiger partial charge >= 0.3 is 5.97 Å². The number of carboxylic acid groups (broad SMARTS) is 1. The van der Waals surface area contributed by atoms with E-state index in [9.17, 15) is 9.59 Å². The molecule has 5 nitrogen and oxygen atoms in total. The van der Waals surface area contributed by atoms with E-state index in [0.717, 1.165) is 12.2 Å². The number of para-hydroxylation sites is 1. The predicted octanol–water partition coefficient (Wildman–Crippen LogP) is 1.81. The standard InChI is InChI=1S/C15H20N2O3/c1-11-13(15(19)20)7-9-17(11)10-8-14(18)16-12-5-3-2-4-6-12/h2-6,11,13H,7-10H2,1H3,(H,16,18)(H,19,20). The summed E-state index contributed by atoms with van der Waals surface area (Å²) in [4.78, 5) is 24.9. The first kappa shape index (κ1) is 14.5. The van der Waals surface area contributed by atoms with Crippen LogP contribution in [0.1, 0.15) is 19.8 Å². The Balaban J connectivity index is 1.78. The monoisotopic (exact) mass is 276 g/mol. The number of carbonyl (C=O) groups excluding carboxylic acids is 1. The van der Waals surface area contributed by atoms with Crippen molar-refractivity contribution in [3.63, 3.8) is 0 Å². The first-order chi connectivity index (χ1) is 9.58. The summed E-state index contributed by atoms with van der Waals surface area (Å²) in [7, 11) is 0. The number of anilines is 1. The summed E-state index contributed by atoms with van der Waals surface area (Å²) in [6.45, 7) is 3.27. The molecule has 5 heteroatoms. The fourth-order valence-electron chi connectivity index (χ4n) is 2.64. The molecular formula is C15H20N2O3.